The van der Waals surface area contributed by atoms with E-state index in [2.05, 4.69) is 26.1 Å². The summed E-state index contributed by atoms with van der Waals surface area (Å²) in [4.78, 5) is 10.9. The SMILES string of the molecule is CCC(C)C(C)NCc1ccc(C(C)C(=O)O)cc1. The van der Waals surface area contributed by atoms with Gasteiger partial charge in [-0.3, -0.25) is 4.79 Å². The molecule has 0 saturated heterocycles. The standard InChI is InChI=1S/C16H25NO2/c1-5-11(2)13(4)17-10-14-6-8-15(9-7-14)12(3)16(18)19/h6-9,11-13,17H,5,10H2,1-4H3,(H,18,19). The molecule has 3 nitrogen and oxygen atoms in total. The topological polar surface area (TPSA) is 49.3 Å². The van der Waals surface area contributed by atoms with Gasteiger partial charge in [0.1, 0.15) is 0 Å². The summed E-state index contributed by atoms with van der Waals surface area (Å²) >= 11 is 0. The molecule has 3 unspecified atom stereocenters. The highest BCUT2D eigenvalue weighted by molar-refractivity contribution is 5.75. The number of aliphatic carboxylic acids is 1. The van der Waals surface area contributed by atoms with Gasteiger partial charge in [0.15, 0.2) is 0 Å². The number of carboxylic acids is 1. The Morgan fingerprint density at radius 1 is 1.21 bits per heavy atom. The van der Waals surface area contributed by atoms with Crippen LogP contribution in [0.1, 0.15) is 51.2 Å². The second kappa shape index (κ2) is 7.29. The highest BCUT2D eigenvalue weighted by Gasteiger charge is 2.13. The monoisotopic (exact) mass is 263 g/mol. The van der Waals surface area contributed by atoms with Gasteiger partial charge in [0.05, 0.1) is 5.92 Å². The number of nitrogens with one attached hydrogen (secondary N) is 1. The molecule has 19 heavy (non-hydrogen) atoms. The van der Waals surface area contributed by atoms with E-state index >= 15 is 0 Å². The average molecular weight is 263 g/mol. The van der Waals surface area contributed by atoms with Crippen LogP contribution in [0.4, 0.5) is 0 Å². The summed E-state index contributed by atoms with van der Waals surface area (Å²) in [5.41, 5.74) is 2.04. The summed E-state index contributed by atoms with van der Waals surface area (Å²) in [5, 5.41) is 12.5. The average Bonchev–Trinajstić information content (AvgIpc) is 2.43. The van der Waals surface area contributed by atoms with E-state index in [0.717, 1.165) is 12.1 Å². The minimum atomic E-state index is -0.781. The van der Waals surface area contributed by atoms with Crippen LogP contribution in [-0.2, 0) is 11.3 Å². The Morgan fingerprint density at radius 2 is 1.79 bits per heavy atom. The van der Waals surface area contributed by atoms with Crippen molar-refractivity contribution in [3.8, 4) is 0 Å². The summed E-state index contributed by atoms with van der Waals surface area (Å²) in [6.07, 6.45) is 1.17. The second-order valence-corrected chi connectivity index (χ2v) is 5.36. The molecule has 1 rings (SSSR count). The molecule has 1 aromatic rings. The second-order valence-electron chi connectivity index (χ2n) is 5.36. The fourth-order valence-electron chi connectivity index (χ4n) is 1.90. The van der Waals surface area contributed by atoms with E-state index < -0.39 is 11.9 Å². The van der Waals surface area contributed by atoms with Crippen molar-refractivity contribution in [1.82, 2.24) is 5.32 Å². The summed E-state index contributed by atoms with van der Waals surface area (Å²) in [6.45, 7) is 9.18. The highest BCUT2D eigenvalue weighted by Crippen LogP contribution is 2.16. The number of rotatable bonds is 7. The Labute approximate surface area is 116 Å². The molecular weight excluding hydrogens is 238 g/mol. The molecule has 1 aromatic carbocycles. The van der Waals surface area contributed by atoms with E-state index in [1.54, 1.807) is 6.92 Å². The Kier molecular flexibility index (Phi) is 6.03. The predicted molar refractivity (Wildman–Crippen MR) is 78.2 cm³/mol. The molecule has 106 valence electrons. The van der Waals surface area contributed by atoms with Gasteiger partial charge in [-0.15, -0.1) is 0 Å². The lowest BCUT2D eigenvalue weighted by molar-refractivity contribution is -0.138. The first-order chi connectivity index (χ1) is 8.95. The molecule has 0 aliphatic rings. The van der Waals surface area contributed by atoms with Gasteiger partial charge in [-0.1, -0.05) is 44.5 Å². The first-order valence-electron chi connectivity index (χ1n) is 7.00. The molecule has 0 radical (unpaired) electrons. The molecule has 3 atom stereocenters. The van der Waals surface area contributed by atoms with Crippen LogP contribution in [0, 0.1) is 5.92 Å². The van der Waals surface area contributed by atoms with E-state index in [0.29, 0.717) is 12.0 Å². The van der Waals surface area contributed by atoms with Gasteiger partial charge in [0, 0.05) is 12.6 Å². The van der Waals surface area contributed by atoms with Gasteiger partial charge < -0.3 is 10.4 Å². The molecule has 0 spiro atoms. The maximum Gasteiger partial charge on any atom is 0.310 e. The fraction of sp³-hybridized carbons (Fsp3) is 0.562. The third-order valence-electron chi connectivity index (χ3n) is 3.98. The molecule has 0 amide bonds. The van der Waals surface area contributed by atoms with Crippen molar-refractivity contribution in [2.75, 3.05) is 0 Å². The van der Waals surface area contributed by atoms with Gasteiger partial charge in [-0.05, 0) is 30.9 Å². The lowest BCUT2D eigenvalue weighted by atomic mass is 9.99. The molecule has 0 heterocycles. The molecule has 0 aliphatic carbocycles. The first-order valence-corrected chi connectivity index (χ1v) is 7.00. The number of hydrogen-bond acceptors (Lipinski definition) is 2. The van der Waals surface area contributed by atoms with E-state index in [9.17, 15) is 4.79 Å². The first kappa shape index (κ1) is 15.7. The van der Waals surface area contributed by atoms with Crippen molar-refractivity contribution in [2.24, 2.45) is 5.92 Å². The summed E-state index contributed by atoms with van der Waals surface area (Å²) in [5.74, 6) is -0.566. The van der Waals surface area contributed by atoms with E-state index in [1.165, 1.54) is 12.0 Å². The van der Waals surface area contributed by atoms with Crippen molar-refractivity contribution in [3.63, 3.8) is 0 Å². The zero-order chi connectivity index (χ0) is 14.4. The van der Waals surface area contributed by atoms with Crippen molar-refractivity contribution < 1.29 is 9.90 Å². The van der Waals surface area contributed by atoms with Crippen molar-refractivity contribution in [2.45, 2.75) is 52.6 Å². The van der Waals surface area contributed by atoms with Crippen LogP contribution < -0.4 is 5.32 Å². The van der Waals surface area contributed by atoms with Crippen molar-refractivity contribution in [1.29, 1.82) is 0 Å². The third-order valence-corrected chi connectivity index (χ3v) is 3.98. The van der Waals surface area contributed by atoms with Crippen LogP contribution in [0.3, 0.4) is 0 Å². The minimum Gasteiger partial charge on any atom is -0.481 e. The van der Waals surface area contributed by atoms with Crippen LogP contribution in [0.5, 0.6) is 0 Å². The maximum atomic E-state index is 10.9. The molecule has 0 saturated carbocycles. The summed E-state index contributed by atoms with van der Waals surface area (Å²) in [7, 11) is 0. The molecular formula is C16H25NO2. The van der Waals surface area contributed by atoms with E-state index in [1.807, 2.05) is 24.3 Å². The van der Waals surface area contributed by atoms with E-state index in [-0.39, 0.29) is 0 Å². The van der Waals surface area contributed by atoms with Gasteiger partial charge >= 0.3 is 5.97 Å². The maximum absolute atomic E-state index is 10.9. The molecule has 3 heteroatoms. The van der Waals surface area contributed by atoms with Gasteiger partial charge in [-0.25, -0.2) is 0 Å². The molecule has 0 aliphatic heterocycles. The molecule has 0 aromatic heterocycles. The van der Waals surface area contributed by atoms with Crippen molar-refractivity contribution in [3.05, 3.63) is 35.4 Å². The Morgan fingerprint density at radius 3 is 2.26 bits per heavy atom. The van der Waals surface area contributed by atoms with Gasteiger partial charge in [0.2, 0.25) is 0 Å². The third kappa shape index (κ3) is 4.67. The zero-order valence-electron chi connectivity index (χ0n) is 12.3. The van der Waals surface area contributed by atoms with Crippen LogP contribution in [0.25, 0.3) is 0 Å². The quantitative estimate of drug-likeness (QED) is 0.792. The fourth-order valence-corrected chi connectivity index (χ4v) is 1.90. The summed E-state index contributed by atoms with van der Waals surface area (Å²) < 4.78 is 0. The lowest BCUT2D eigenvalue weighted by Crippen LogP contribution is -2.31. The molecule has 2 N–H and O–H groups in total. The predicted octanol–water partition coefficient (Wildman–Crippen LogP) is 3.40. The van der Waals surface area contributed by atoms with Gasteiger partial charge in [0.25, 0.3) is 0 Å². The normalized spacial score (nSPS) is 15.8. The van der Waals surface area contributed by atoms with Gasteiger partial charge in [-0.2, -0.15) is 0 Å². The van der Waals surface area contributed by atoms with Crippen molar-refractivity contribution >= 4 is 5.97 Å². The molecule has 0 fully saturated rings. The smallest absolute Gasteiger partial charge is 0.310 e. The largest absolute Gasteiger partial charge is 0.481 e. The highest BCUT2D eigenvalue weighted by atomic mass is 16.4. The Hall–Kier alpha value is -1.35. The minimum absolute atomic E-state index is 0.443. The number of benzene rings is 1. The Balaban J connectivity index is 2.55. The lowest BCUT2D eigenvalue weighted by Gasteiger charge is -2.20. The molecule has 0 bridgehead atoms. The zero-order valence-corrected chi connectivity index (χ0v) is 12.3. The number of hydrogen-bond donors (Lipinski definition) is 2. The number of carbonyl (C=O) groups is 1. The Bertz CT molecular complexity index is 400. The van der Waals surface area contributed by atoms with E-state index in [4.69, 9.17) is 5.11 Å². The summed E-state index contributed by atoms with van der Waals surface area (Å²) in [6, 6.07) is 8.31. The number of carboxylic acid groups (broad SMARTS) is 1. The van der Waals surface area contributed by atoms with Crippen LogP contribution in [0.2, 0.25) is 0 Å². The van der Waals surface area contributed by atoms with Crippen LogP contribution >= 0.6 is 0 Å². The van der Waals surface area contributed by atoms with Crippen LogP contribution in [-0.4, -0.2) is 17.1 Å². The van der Waals surface area contributed by atoms with Crippen LogP contribution in [0.15, 0.2) is 24.3 Å².